The van der Waals surface area contributed by atoms with Gasteiger partial charge in [-0.3, -0.25) is 14.4 Å². The molecule has 3 aliphatic heterocycles. The van der Waals surface area contributed by atoms with E-state index in [1.807, 2.05) is 34.9 Å². The molecule has 0 bridgehead atoms. The number of fused-ring (bicyclic) bond motifs is 1. The molecule has 4 heterocycles. The number of nitrogens with zero attached hydrogens (tertiary/aromatic N) is 4. The van der Waals surface area contributed by atoms with E-state index in [2.05, 4.69) is 4.98 Å². The van der Waals surface area contributed by atoms with Gasteiger partial charge in [-0.05, 0) is 63.6 Å². The lowest BCUT2D eigenvalue weighted by Gasteiger charge is -2.32. The number of piperidine rings is 1. The number of rotatable bonds is 6. The molecular formula is C27H34N4O5. The van der Waals surface area contributed by atoms with Gasteiger partial charge in [0.25, 0.3) is 11.8 Å². The third-order valence-corrected chi connectivity index (χ3v) is 7.44. The molecule has 3 amide bonds. The summed E-state index contributed by atoms with van der Waals surface area (Å²) in [6, 6.07) is 5.80. The molecule has 0 atom stereocenters. The number of aryl methyl sites for hydroxylation is 2. The first kappa shape index (κ1) is 24.3. The third kappa shape index (κ3) is 4.96. The number of carbonyl (C=O) groups is 3. The highest BCUT2D eigenvalue weighted by Crippen LogP contribution is 2.33. The summed E-state index contributed by atoms with van der Waals surface area (Å²) in [6.07, 6.45) is 4.59. The van der Waals surface area contributed by atoms with Crippen molar-refractivity contribution in [2.75, 3.05) is 44.2 Å². The normalized spacial score (nSPS) is 18.4. The van der Waals surface area contributed by atoms with E-state index in [4.69, 9.17) is 9.15 Å². The first-order valence-corrected chi connectivity index (χ1v) is 13.0. The van der Waals surface area contributed by atoms with Crippen LogP contribution in [0.1, 0.15) is 72.1 Å². The van der Waals surface area contributed by atoms with E-state index in [1.165, 1.54) is 0 Å². The van der Waals surface area contributed by atoms with Crippen LogP contribution in [0.15, 0.2) is 22.6 Å². The summed E-state index contributed by atoms with van der Waals surface area (Å²) in [4.78, 5) is 48.1. The highest BCUT2D eigenvalue weighted by Gasteiger charge is 2.31. The summed E-state index contributed by atoms with van der Waals surface area (Å²) in [5, 5.41) is 0. The van der Waals surface area contributed by atoms with Crippen molar-refractivity contribution < 1.29 is 23.5 Å². The maximum atomic E-state index is 12.9. The fraction of sp³-hybridized carbons (Fsp3) is 0.556. The van der Waals surface area contributed by atoms with Crippen molar-refractivity contribution in [2.45, 2.75) is 58.3 Å². The van der Waals surface area contributed by atoms with Gasteiger partial charge in [-0.2, -0.15) is 0 Å². The van der Waals surface area contributed by atoms with E-state index < -0.39 is 0 Å². The Morgan fingerprint density at radius 3 is 2.56 bits per heavy atom. The van der Waals surface area contributed by atoms with Crippen LogP contribution >= 0.6 is 0 Å². The maximum Gasteiger partial charge on any atom is 0.276 e. The smallest absolute Gasteiger partial charge is 0.276 e. The molecule has 0 aliphatic carbocycles. The van der Waals surface area contributed by atoms with Gasteiger partial charge in [-0.15, -0.1) is 0 Å². The number of oxazole rings is 1. The van der Waals surface area contributed by atoms with Gasteiger partial charge in [-0.25, -0.2) is 4.98 Å². The number of hydrogen-bond donors (Lipinski definition) is 0. The molecule has 192 valence electrons. The molecule has 0 unspecified atom stereocenters. The summed E-state index contributed by atoms with van der Waals surface area (Å²) < 4.78 is 11.4. The lowest BCUT2D eigenvalue weighted by molar-refractivity contribution is -0.132. The molecule has 1 aromatic carbocycles. The molecule has 2 saturated heterocycles. The quantitative estimate of drug-likeness (QED) is 0.611. The highest BCUT2D eigenvalue weighted by atomic mass is 16.5. The monoisotopic (exact) mass is 494 g/mol. The Bertz CT molecular complexity index is 1150. The molecule has 0 spiro atoms. The van der Waals surface area contributed by atoms with Crippen molar-refractivity contribution in [1.29, 1.82) is 0 Å². The fourth-order valence-electron chi connectivity index (χ4n) is 5.34. The van der Waals surface area contributed by atoms with Crippen LogP contribution in [0, 0.1) is 13.8 Å². The van der Waals surface area contributed by atoms with Gasteiger partial charge < -0.3 is 23.9 Å². The van der Waals surface area contributed by atoms with Crippen molar-refractivity contribution in [1.82, 2.24) is 14.8 Å². The first-order valence-electron chi connectivity index (χ1n) is 13.0. The zero-order chi connectivity index (χ0) is 25.2. The standard InChI is InChI=1S/C27H34N4O5/c1-18-7-8-22-21(16-18)31(24(33)17-35-22)13-5-6-23(32)29-14-9-20(10-15-29)26-28-25(19(2)36-26)27(34)30-11-3-4-12-30/h7-8,16,20H,3-6,9-15,17H2,1-2H3. The van der Waals surface area contributed by atoms with E-state index in [1.54, 1.807) is 11.8 Å². The van der Waals surface area contributed by atoms with Crippen molar-refractivity contribution in [3.05, 3.63) is 41.1 Å². The van der Waals surface area contributed by atoms with Gasteiger partial charge in [0, 0.05) is 45.1 Å². The maximum absolute atomic E-state index is 12.9. The summed E-state index contributed by atoms with van der Waals surface area (Å²) in [7, 11) is 0. The molecular weight excluding hydrogens is 460 g/mol. The van der Waals surface area contributed by atoms with E-state index in [9.17, 15) is 14.4 Å². The third-order valence-electron chi connectivity index (χ3n) is 7.44. The Balaban J connectivity index is 1.12. The Morgan fingerprint density at radius 2 is 1.81 bits per heavy atom. The number of anilines is 1. The number of aromatic nitrogens is 1. The molecule has 0 radical (unpaired) electrons. The number of hydrogen-bond acceptors (Lipinski definition) is 6. The lowest BCUT2D eigenvalue weighted by atomic mass is 9.96. The van der Waals surface area contributed by atoms with E-state index >= 15 is 0 Å². The van der Waals surface area contributed by atoms with Crippen LogP contribution in [-0.2, 0) is 9.59 Å². The van der Waals surface area contributed by atoms with Gasteiger partial charge in [0.1, 0.15) is 11.5 Å². The molecule has 2 fully saturated rings. The zero-order valence-corrected chi connectivity index (χ0v) is 21.1. The van der Waals surface area contributed by atoms with Crippen molar-refractivity contribution in [3.63, 3.8) is 0 Å². The fourth-order valence-corrected chi connectivity index (χ4v) is 5.34. The average molecular weight is 495 g/mol. The van der Waals surface area contributed by atoms with Crippen LogP contribution in [0.5, 0.6) is 5.75 Å². The van der Waals surface area contributed by atoms with E-state index in [0.717, 1.165) is 50.0 Å². The van der Waals surface area contributed by atoms with Crippen LogP contribution in [0.4, 0.5) is 5.69 Å². The number of amides is 3. The second kappa shape index (κ2) is 10.3. The Labute approximate surface area is 211 Å². The van der Waals surface area contributed by atoms with Gasteiger partial charge >= 0.3 is 0 Å². The molecule has 1 aromatic heterocycles. The predicted octanol–water partition coefficient (Wildman–Crippen LogP) is 3.44. The minimum absolute atomic E-state index is 0.0309. The van der Waals surface area contributed by atoms with Crippen LogP contribution in [0.3, 0.4) is 0 Å². The van der Waals surface area contributed by atoms with Crippen LogP contribution < -0.4 is 9.64 Å². The molecule has 3 aliphatic rings. The van der Waals surface area contributed by atoms with Gasteiger partial charge in [0.15, 0.2) is 18.2 Å². The second-order valence-corrected chi connectivity index (χ2v) is 10.0. The van der Waals surface area contributed by atoms with Gasteiger partial charge in [0.2, 0.25) is 5.91 Å². The number of carbonyl (C=O) groups excluding carboxylic acids is 3. The van der Waals surface area contributed by atoms with Crippen molar-refractivity contribution in [3.8, 4) is 5.75 Å². The molecule has 2 aromatic rings. The van der Waals surface area contributed by atoms with E-state index in [0.29, 0.717) is 55.6 Å². The number of likely N-dealkylation sites (tertiary alicyclic amines) is 2. The Hall–Kier alpha value is -3.36. The number of benzene rings is 1. The molecule has 5 rings (SSSR count). The topological polar surface area (TPSA) is 96.2 Å². The van der Waals surface area contributed by atoms with Gasteiger partial charge in [0.05, 0.1) is 5.69 Å². The Kier molecular flexibility index (Phi) is 6.98. The molecule has 0 saturated carbocycles. The minimum Gasteiger partial charge on any atom is -0.482 e. The summed E-state index contributed by atoms with van der Waals surface area (Å²) >= 11 is 0. The second-order valence-electron chi connectivity index (χ2n) is 10.0. The molecule has 9 nitrogen and oxygen atoms in total. The van der Waals surface area contributed by atoms with Crippen LogP contribution in [0.2, 0.25) is 0 Å². The van der Waals surface area contributed by atoms with Crippen molar-refractivity contribution >= 4 is 23.4 Å². The summed E-state index contributed by atoms with van der Waals surface area (Å²) in [5.41, 5.74) is 2.27. The first-order chi connectivity index (χ1) is 17.4. The lowest BCUT2D eigenvalue weighted by Crippen LogP contribution is -2.41. The van der Waals surface area contributed by atoms with Crippen LogP contribution in [0.25, 0.3) is 0 Å². The molecule has 36 heavy (non-hydrogen) atoms. The predicted molar refractivity (Wildman–Crippen MR) is 133 cm³/mol. The minimum atomic E-state index is -0.0785. The average Bonchev–Trinajstić information content (AvgIpc) is 3.55. The van der Waals surface area contributed by atoms with Gasteiger partial charge in [-0.1, -0.05) is 6.07 Å². The summed E-state index contributed by atoms with van der Waals surface area (Å²) in [5.74, 6) is 2.00. The van der Waals surface area contributed by atoms with E-state index in [-0.39, 0.29) is 30.2 Å². The number of ether oxygens (including phenoxy) is 1. The largest absolute Gasteiger partial charge is 0.482 e. The zero-order valence-electron chi connectivity index (χ0n) is 21.1. The molecule has 0 N–H and O–H groups in total. The highest BCUT2D eigenvalue weighted by molar-refractivity contribution is 5.98. The summed E-state index contributed by atoms with van der Waals surface area (Å²) in [6.45, 7) is 7.15. The van der Waals surface area contributed by atoms with Crippen LogP contribution in [-0.4, -0.2) is 71.8 Å². The Morgan fingerprint density at radius 1 is 1.06 bits per heavy atom. The SMILES string of the molecule is Cc1ccc2c(c1)N(CCCC(=O)N1CCC(c3nc(C(=O)N4CCCC4)c(C)o3)CC1)C(=O)CO2. The van der Waals surface area contributed by atoms with Crippen molar-refractivity contribution in [2.24, 2.45) is 0 Å². The molecule has 9 heteroatoms.